The number of ether oxygens (including phenoxy) is 1. The average molecular weight is 238 g/mol. The van der Waals surface area contributed by atoms with Crippen LogP contribution in [0.15, 0.2) is 24.0 Å². The van der Waals surface area contributed by atoms with Gasteiger partial charge in [-0.25, -0.2) is 4.79 Å². The fourth-order valence-corrected chi connectivity index (χ4v) is 2.11. The van der Waals surface area contributed by atoms with E-state index in [1.54, 1.807) is 0 Å². The number of hydrogen-bond acceptors (Lipinski definition) is 4. The Morgan fingerprint density at radius 1 is 1.41 bits per heavy atom. The first-order valence-corrected chi connectivity index (χ1v) is 4.96. The molecule has 6 heteroatoms. The van der Waals surface area contributed by atoms with E-state index in [-0.39, 0.29) is 18.4 Å². The fourth-order valence-electron chi connectivity index (χ4n) is 2.11. The zero-order valence-corrected chi connectivity index (χ0v) is 8.80. The summed E-state index contributed by atoms with van der Waals surface area (Å²) in [5.41, 5.74) is -1.78. The van der Waals surface area contributed by atoms with Gasteiger partial charge in [0.1, 0.15) is 5.76 Å². The third kappa shape index (κ3) is 1.44. The van der Waals surface area contributed by atoms with Crippen LogP contribution in [0.2, 0.25) is 0 Å². The van der Waals surface area contributed by atoms with E-state index in [1.807, 2.05) is 0 Å². The largest absolute Gasteiger partial charge is 0.480 e. The zero-order chi connectivity index (χ0) is 12.8. The van der Waals surface area contributed by atoms with Crippen LogP contribution in [0.1, 0.15) is 12.8 Å². The predicted octanol–water partition coefficient (Wildman–Crippen LogP) is 0.549. The minimum atomic E-state index is -1.90. The van der Waals surface area contributed by atoms with Crippen LogP contribution < -0.4 is 0 Å². The van der Waals surface area contributed by atoms with Gasteiger partial charge in [0.05, 0.1) is 5.92 Å². The molecular weight excluding hydrogens is 228 g/mol. The first-order valence-electron chi connectivity index (χ1n) is 4.96. The molecule has 90 valence electrons. The third-order valence-electron chi connectivity index (χ3n) is 3.26. The van der Waals surface area contributed by atoms with Crippen LogP contribution in [-0.4, -0.2) is 28.1 Å². The minimum absolute atomic E-state index is 0.114. The Morgan fingerprint density at radius 2 is 2.00 bits per heavy atom. The van der Waals surface area contributed by atoms with Gasteiger partial charge in [-0.2, -0.15) is 0 Å². The maximum absolute atomic E-state index is 11.2. The number of esters is 1. The molecule has 1 atom stereocenters. The van der Waals surface area contributed by atoms with E-state index in [0.29, 0.717) is 5.76 Å². The van der Waals surface area contributed by atoms with Crippen molar-refractivity contribution in [3.63, 3.8) is 0 Å². The van der Waals surface area contributed by atoms with Gasteiger partial charge in [0.2, 0.25) is 0 Å². The van der Waals surface area contributed by atoms with Crippen molar-refractivity contribution in [2.24, 2.45) is 11.3 Å². The Bertz CT molecular complexity index is 458. The van der Waals surface area contributed by atoms with Gasteiger partial charge in [0, 0.05) is 5.57 Å². The van der Waals surface area contributed by atoms with E-state index in [4.69, 9.17) is 14.9 Å². The SMILES string of the molecule is C=C1C(=O)OC2=CCC(C(=O)O)(C(=O)O)CC12. The van der Waals surface area contributed by atoms with E-state index < -0.39 is 29.2 Å². The summed E-state index contributed by atoms with van der Waals surface area (Å²) in [7, 11) is 0. The number of carboxylic acids is 2. The molecule has 0 spiro atoms. The molecule has 0 amide bonds. The summed E-state index contributed by atoms with van der Waals surface area (Å²) >= 11 is 0. The average Bonchev–Trinajstić information content (AvgIpc) is 2.54. The second kappa shape index (κ2) is 3.44. The highest BCUT2D eigenvalue weighted by molar-refractivity contribution is 6.00. The lowest BCUT2D eigenvalue weighted by Gasteiger charge is -2.29. The normalized spacial score (nSPS) is 25.9. The van der Waals surface area contributed by atoms with Crippen molar-refractivity contribution >= 4 is 17.9 Å². The first-order chi connectivity index (χ1) is 7.88. The Labute approximate surface area is 96.2 Å². The van der Waals surface area contributed by atoms with Gasteiger partial charge in [0.25, 0.3) is 0 Å². The van der Waals surface area contributed by atoms with E-state index in [9.17, 15) is 14.4 Å². The van der Waals surface area contributed by atoms with Crippen LogP contribution >= 0.6 is 0 Å². The van der Waals surface area contributed by atoms with Gasteiger partial charge in [-0.3, -0.25) is 9.59 Å². The van der Waals surface area contributed by atoms with Gasteiger partial charge in [-0.1, -0.05) is 6.58 Å². The fraction of sp³-hybridized carbons (Fsp3) is 0.364. The van der Waals surface area contributed by atoms with Crippen LogP contribution in [0.4, 0.5) is 0 Å². The first kappa shape index (κ1) is 11.4. The third-order valence-corrected chi connectivity index (χ3v) is 3.26. The molecule has 1 unspecified atom stereocenters. The van der Waals surface area contributed by atoms with Crippen LogP contribution in [0.25, 0.3) is 0 Å². The summed E-state index contributed by atoms with van der Waals surface area (Å²) in [6.45, 7) is 3.50. The molecule has 0 bridgehead atoms. The Morgan fingerprint density at radius 3 is 2.53 bits per heavy atom. The number of rotatable bonds is 2. The number of carbonyl (C=O) groups is 3. The standard InChI is InChI=1S/C11H10O6/c1-5-6-4-11(9(13)14,10(15)16)3-2-7(6)17-8(5)12/h2,6H,1,3-4H2,(H,13,14)(H,15,16). The molecule has 0 aromatic carbocycles. The Balaban J connectivity index is 2.41. The number of fused-ring (bicyclic) bond motifs is 1. The summed E-state index contributed by atoms with van der Waals surface area (Å²) in [6, 6.07) is 0. The molecule has 0 radical (unpaired) electrons. The van der Waals surface area contributed by atoms with Gasteiger partial charge in [0.15, 0.2) is 5.41 Å². The molecule has 17 heavy (non-hydrogen) atoms. The summed E-state index contributed by atoms with van der Waals surface area (Å²) in [5.74, 6) is -3.76. The van der Waals surface area contributed by atoms with Crippen LogP contribution in [-0.2, 0) is 19.1 Å². The maximum atomic E-state index is 11.2. The monoisotopic (exact) mass is 238 g/mol. The van der Waals surface area contributed by atoms with Crippen molar-refractivity contribution in [1.82, 2.24) is 0 Å². The molecule has 1 aliphatic heterocycles. The summed E-state index contributed by atoms with van der Waals surface area (Å²) in [6.07, 6.45) is 0.963. The van der Waals surface area contributed by atoms with Crippen LogP contribution in [0.5, 0.6) is 0 Å². The molecule has 1 aliphatic carbocycles. The van der Waals surface area contributed by atoms with Crippen molar-refractivity contribution in [2.45, 2.75) is 12.8 Å². The topological polar surface area (TPSA) is 101 Å². The number of carbonyl (C=O) groups excluding carboxylic acids is 1. The second-order valence-corrected chi connectivity index (χ2v) is 4.17. The molecule has 0 saturated carbocycles. The number of allylic oxidation sites excluding steroid dienone is 2. The molecular formula is C11H10O6. The molecule has 1 fully saturated rings. The zero-order valence-electron chi connectivity index (χ0n) is 8.80. The summed E-state index contributed by atoms with van der Waals surface area (Å²) < 4.78 is 4.87. The van der Waals surface area contributed by atoms with E-state index in [1.165, 1.54) is 6.08 Å². The number of carboxylic acid groups (broad SMARTS) is 2. The molecule has 0 aromatic rings. The van der Waals surface area contributed by atoms with Crippen molar-refractivity contribution in [3.05, 3.63) is 24.0 Å². The molecule has 1 heterocycles. The lowest BCUT2D eigenvalue weighted by molar-refractivity contribution is -0.166. The summed E-state index contributed by atoms with van der Waals surface area (Å²) in [5, 5.41) is 18.1. The molecule has 2 aliphatic rings. The molecule has 2 rings (SSSR count). The predicted molar refractivity (Wildman–Crippen MR) is 53.7 cm³/mol. The van der Waals surface area contributed by atoms with Crippen LogP contribution in [0.3, 0.4) is 0 Å². The minimum Gasteiger partial charge on any atom is -0.480 e. The highest BCUT2D eigenvalue weighted by atomic mass is 16.5. The lowest BCUT2D eigenvalue weighted by Crippen LogP contribution is -2.42. The van der Waals surface area contributed by atoms with Gasteiger partial charge < -0.3 is 14.9 Å². The number of aliphatic carboxylic acids is 2. The van der Waals surface area contributed by atoms with Gasteiger partial charge in [-0.05, 0) is 18.9 Å². The van der Waals surface area contributed by atoms with Crippen molar-refractivity contribution in [3.8, 4) is 0 Å². The van der Waals surface area contributed by atoms with E-state index in [2.05, 4.69) is 6.58 Å². The van der Waals surface area contributed by atoms with E-state index >= 15 is 0 Å². The smallest absolute Gasteiger partial charge is 0.339 e. The molecule has 2 N–H and O–H groups in total. The van der Waals surface area contributed by atoms with E-state index in [0.717, 1.165) is 0 Å². The lowest BCUT2D eigenvalue weighted by atomic mass is 9.71. The highest BCUT2D eigenvalue weighted by Gasteiger charge is 2.53. The van der Waals surface area contributed by atoms with Gasteiger partial charge in [-0.15, -0.1) is 0 Å². The Kier molecular flexibility index (Phi) is 2.30. The van der Waals surface area contributed by atoms with Crippen LogP contribution in [0, 0.1) is 11.3 Å². The molecule has 6 nitrogen and oxygen atoms in total. The number of hydrogen-bond donors (Lipinski definition) is 2. The van der Waals surface area contributed by atoms with Gasteiger partial charge >= 0.3 is 17.9 Å². The summed E-state index contributed by atoms with van der Waals surface area (Å²) in [4.78, 5) is 33.5. The van der Waals surface area contributed by atoms with Crippen molar-refractivity contribution in [2.75, 3.05) is 0 Å². The Hall–Kier alpha value is -2.11. The second-order valence-electron chi connectivity index (χ2n) is 4.17. The van der Waals surface area contributed by atoms with Crippen molar-refractivity contribution < 1.29 is 29.3 Å². The molecule has 0 aromatic heterocycles. The quantitative estimate of drug-likeness (QED) is 0.414. The maximum Gasteiger partial charge on any atom is 0.339 e. The molecule has 1 saturated heterocycles. The van der Waals surface area contributed by atoms with Crippen molar-refractivity contribution in [1.29, 1.82) is 0 Å². The highest BCUT2D eigenvalue weighted by Crippen LogP contribution is 2.46.